The molecule has 1 rings (SSSR count). The van der Waals surface area contributed by atoms with Gasteiger partial charge in [0.2, 0.25) is 0 Å². The Labute approximate surface area is 112 Å². The molecular formula is C14H19NO4. The summed E-state index contributed by atoms with van der Waals surface area (Å²) in [5.41, 5.74) is 0.901. The number of aromatic carboxylic acids is 1. The smallest absolute Gasteiger partial charge is 0.339 e. The zero-order valence-electron chi connectivity index (χ0n) is 11.2. The van der Waals surface area contributed by atoms with Crippen LogP contribution in [0.15, 0.2) is 18.2 Å². The third kappa shape index (κ3) is 4.99. The normalized spacial score (nSPS) is 10.0. The van der Waals surface area contributed by atoms with Crippen LogP contribution in [0.4, 0.5) is 0 Å². The lowest BCUT2D eigenvalue weighted by Gasteiger charge is -2.10. The van der Waals surface area contributed by atoms with Crippen LogP contribution >= 0.6 is 0 Å². The van der Waals surface area contributed by atoms with Gasteiger partial charge < -0.3 is 15.2 Å². The summed E-state index contributed by atoms with van der Waals surface area (Å²) in [6.07, 6.45) is 1.92. The number of carbonyl (C=O) groups excluding carboxylic acids is 1. The number of carboxylic acid groups (broad SMARTS) is 1. The molecule has 0 bridgehead atoms. The number of carbonyl (C=O) groups is 2. The first kappa shape index (κ1) is 15.0. The molecule has 0 aromatic heterocycles. The van der Waals surface area contributed by atoms with E-state index < -0.39 is 5.97 Å². The second-order valence-electron chi connectivity index (χ2n) is 4.30. The maximum Gasteiger partial charge on any atom is 0.339 e. The lowest BCUT2D eigenvalue weighted by Crippen LogP contribution is -2.29. The molecule has 0 atom stereocenters. The Balaban J connectivity index is 2.57. The Bertz CT molecular complexity index is 457. The van der Waals surface area contributed by atoms with Crippen LogP contribution in [0.3, 0.4) is 0 Å². The van der Waals surface area contributed by atoms with Crippen LogP contribution in [-0.2, 0) is 4.79 Å². The minimum atomic E-state index is -1.06. The number of hydrogen-bond acceptors (Lipinski definition) is 3. The highest BCUT2D eigenvalue weighted by molar-refractivity contribution is 5.91. The highest BCUT2D eigenvalue weighted by atomic mass is 16.5. The summed E-state index contributed by atoms with van der Waals surface area (Å²) in [5.74, 6) is -1.10. The van der Waals surface area contributed by atoms with Crippen LogP contribution in [-0.4, -0.2) is 30.1 Å². The lowest BCUT2D eigenvalue weighted by atomic mass is 10.1. The van der Waals surface area contributed by atoms with E-state index in [0.717, 1.165) is 18.4 Å². The highest BCUT2D eigenvalue weighted by Gasteiger charge is 2.12. The minimum absolute atomic E-state index is 0.0707. The van der Waals surface area contributed by atoms with E-state index in [4.69, 9.17) is 9.84 Å². The van der Waals surface area contributed by atoms with Crippen LogP contribution in [0.2, 0.25) is 0 Å². The Kier molecular flexibility index (Phi) is 5.85. The first-order chi connectivity index (χ1) is 9.04. The third-order valence-electron chi connectivity index (χ3n) is 2.58. The molecule has 5 nitrogen and oxygen atoms in total. The quantitative estimate of drug-likeness (QED) is 0.739. The molecule has 0 radical (unpaired) electrons. The zero-order chi connectivity index (χ0) is 14.3. The van der Waals surface area contributed by atoms with Crippen molar-refractivity contribution in [2.75, 3.05) is 13.2 Å². The molecule has 0 heterocycles. The predicted octanol–water partition coefficient (Wildman–Crippen LogP) is 1.99. The Hall–Kier alpha value is -2.04. The lowest BCUT2D eigenvalue weighted by molar-refractivity contribution is -0.123. The SMILES string of the molecule is CCCCNC(=O)COc1ccc(C)cc1C(=O)O. The molecule has 0 aliphatic carbocycles. The topological polar surface area (TPSA) is 75.6 Å². The van der Waals surface area contributed by atoms with Gasteiger partial charge in [0.15, 0.2) is 6.61 Å². The number of amides is 1. The monoisotopic (exact) mass is 265 g/mol. The molecular weight excluding hydrogens is 246 g/mol. The van der Waals surface area contributed by atoms with Crippen LogP contribution in [0.1, 0.15) is 35.7 Å². The molecule has 0 unspecified atom stereocenters. The van der Waals surface area contributed by atoms with Crippen LogP contribution < -0.4 is 10.1 Å². The van der Waals surface area contributed by atoms with E-state index in [9.17, 15) is 9.59 Å². The van der Waals surface area contributed by atoms with Gasteiger partial charge in [-0.3, -0.25) is 4.79 Å². The molecule has 0 aliphatic heterocycles. The van der Waals surface area contributed by atoms with Gasteiger partial charge in [-0.1, -0.05) is 25.0 Å². The van der Waals surface area contributed by atoms with Crippen molar-refractivity contribution in [3.05, 3.63) is 29.3 Å². The first-order valence-electron chi connectivity index (χ1n) is 6.28. The molecule has 0 aliphatic rings. The zero-order valence-corrected chi connectivity index (χ0v) is 11.2. The van der Waals surface area contributed by atoms with E-state index in [0.29, 0.717) is 6.54 Å². The number of rotatable bonds is 7. The first-order valence-corrected chi connectivity index (χ1v) is 6.28. The van der Waals surface area contributed by atoms with E-state index in [2.05, 4.69) is 5.32 Å². The molecule has 104 valence electrons. The summed E-state index contributed by atoms with van der Waals surface area (Å²) in [5, 5.41) is 11.8. The van der Waals surface area contributed by atoms with Gasteiger partial charge in [0.1, 0.15) is 11.3 Å². The fourth-order valence-corrected chi connectivity index (χ4v) is 1.54. The average molecular weight is 265 g/mol. The summed E-state index contributed by atoms with van der Waals surface area (Å²) in [4.78, 5) is 22.5. The fraction of sp³-hybridized carbons (Fsp3) is 0.429. The number of nitrogens with one attached hydrogen (secondary N) is 1. The van der Waals surface area contributed by atoms with Crippen molar-refractivity contribution in [3.8, 4) is 5.75 Å². The predicted molar refractivity (Wildman–Crippen MR) is 71.6 cm³/mol. The summed E-state index contributed by atoms with van der Waals surface area (Å²) in [7, 11) is 0. The van der Waals surface area contributed by atoms with Crippen LogP contribution in [0.5, 0.6) is 5.75 Å². The van der Waals surface area contributed by atoms with Gasteiger partial charge in [0.25, 0.3) is 5.91 Å². The van der Waals surface area contributed by atoms with E-state index >= 15 is 0 Å². The molecule has 0 saturated heterocycles. The Morgan fingerprint density at radius 3 is 2.74 bits per heavy atom. The standard InChI is InChI=1S/C14H19NO4/c1-3-4-7-15-13(16)9-19-12-6-5-10(2)8-11(12)14(17)18/h5-6,8H,3-4,7,9H2,1-2H3,(H,15,16)(H,17,18). The molecule has 0 spiro atoms. The minimum Gasteiger partial charge on any atom is -0.483 e. The van der Waals surface area contributed by atoms with Crippen molar-refractivity contribution in [1.82, 2.24) is 5.32 Å². The van der Waals surface area contributed by atoms with Crippen LogP contribution in [0.25, 0.3) is 0 Å². The van der Waals surface area contributed by atoms with Gasteiger partial charge in [-0.05, 0) is 25.5 Å². The average Bonchev–Trinajstić information content (AvgIpc) is 2.37. The van der Waals surface area contributed by atoms with E-state index in [1.165, 1.54) is 6.07 Å². The second kappa shape index (κ2) is 7.41. The molecule has 0 fully saturated rings. The number of benzene rings is 1. The molecule has 1 amide bonds. The van der Waals surface area contributed by atoms with Crippen molar-refractivity contribution in [3.63, 3.8) is 0 Å². The molecule has 1 aromatic carbocycles. The van der Waals surface area contributed by atoms with Gasteiger partial charge in [0.05, 0.1) is 0 Å². The van der Waals surface area contributed by atoms with E-state index in [-0.39, 0.29) is 23.8 Å². The molecule has 2 N–H and O–H groups in total. The van der Waals surface area contributed by atoms with Crippen molar-refractivity contribution < 1.29 is 19.4 Å². The second-order valence-corrected chi connectivity index (χ2v) is 4.30. The van der Waals surface area contributed by atoms with Gasteiger partial charge in [0, 0.05) is 6.54 Å². The van der Waals surface area contributed by atoms with Crippen molar-refractivity contribution in [2.24, 2.45) is 0 Å². The molecule has 19 heavy (non-hydrogen) atoms. The van der Waals surface area contributed by atoms with Crippen molar-refractivity contribution >= 4 is 11.9 Å². The Morgan fingerprint density at radius 1 is 1.37 bits per heavy atom. The number of hydrogen-bond donors (Lipinski definition) is 2. The Morgan fingerprint density at radius 2 is 2.11 bits per heavy atom. The molecule has 1 aromatic rings. The largest absolute Gasteiger partial charge is 0.483 e. The number of carboxylic acids is 1. The van der Waals surface area contributed by atoms with Gasteiger partial charge in [-0.2, -0.15) is 0 Å². The maximum absolute atomic E-state index is 11.5. The summed E-state index contributed by atoms with van der Waals surface area (Å²) < 4.78 is 5.25. The number of ether oxygens (including phenoxy) is 1. The number of aryl methyl sites for hydroxylation is 1. The van der Waals surface area contributed by atoms with Gasteiger partial charge in [-0.15, -0.1) is 0 Å². The summed E-state index contributed by atoms with van der Waals surface area (Å²) in [6.45, 7) is 4.27. The fourth-order valence-electron chi connectivity index (χ4n) is 1.54. The molecule has 5 heteroatoms. The maximum atomic E-state index is 11.5. The van der Waals surface area contributed by atoms with E-state index in [1.54, 1.807) is 19.1 Å². The van der Waals surface area contributed by atoms with Crippen molar-refractivity contribution in [2.45, 2.75) is 26.7 Å². The highest BCUT2D eigenvalue weighted by Crippen LogP contribution is 2.19. The van der Waals surface area contributed by atoms with Crippen molar-refractivity contribution in [1.29, 1.82) is 0 Å². The van der Waals surface area contributed by atoms with E-state index in [1.807, 2.05) is 6.92 Å². The van der Waals surface area contributed by atoms with Gasteiger partial charge in [-0.25, -0.2) is 4.79 Å². The summed E-state index contributed by atoms with van der Waals surface area (Å²) in [6, 6.07) is 4.83. The van der Waals surface area contributed by atoms with Gasteiger partial charge >= 0.3 is 5.97 Å². The summed E-state index contributed by atoms with van der Waals surface area (Å²) >= 11 is 0. The van der Waals surface area contributed by atoms with Crippen LogP contribution in [0, 0.1) is 6.92 Å². The third-order valence-corrected chi connectivity index (χ3v) is 2.58. The molecule has 0 saturated carbocycles. The number of unbranched alkanes of at least 4 members (excludes halogenated alkanes) is 1.